The number of hydrogen-bond donors (Lipinski definition) is 2. The molecule has 0 spiro atoms. The molecule has 2 N–H and O–H groups in total. The number of likely N-dealkylation sites (tertiary alicyclic amines) is 1. The number of fused-ring (bicyclic) bond motifs is 1. The van der Waals surface area contributed by atoms with Gasteiger partial charge in [0.2, 0.25) is 0 Å². The van der Waals surface area contributed by atoms with Crippen molar-refractivity contribution in [1.29, 1.82) is 0 Å². The van der Waals surface area contributed by atoms with Crippen molar-refractivity contribution in [1.82, 2.24) is 9.88 Å². The Balaban J connectivity index is 2.02. The number of aromatic amines is 1. The summed E-state index contributed by atoms with van der Waals surface area (Å²) in [4.78, 5) is 28.9. The Labute approximate surface area is 128 Å². The fraction of sp³-hybridized carbons (Fsp3) is 0.412. The van der Waals surface area contributed by atoms with Crippen LogP contribution in [-0.2, 0) is 4.79 Å². The number of aromatic nitrogens is 1. The molecular weight excluding hydrogens is 280 g/mol. The molecule has 1 aliphatic rings. The fourth-order valence-electron chi connectivity index (χ4n) is 3.37. The Bertz CT molecular complexity index is 778. The Kier molecular flexibility index (Phi) is 3.24. The van der Waals surface area contributed by atoms with E-state index in [4.69, 9.17) is 0 Å². The number of benzene rings is 1. The van der Waals surface area contributed by atoms with E-state index in [1.807, 2.05) is 26.0 Å². The summed E-state index contributed by atoms with van der Waals surface area (Å²) < 4.78 is 0. The number of nitrogens with one attached hydrogen (secondary N) is 1. The van der Waals surface area contributed by atoms with Crippen LogP contribution in [0.4, 0.5) is 0 Å². The number of hydrogen-bond acceptors (Lipinski definition) is 2. The maximum Gasteiger partial charge on any atom is 0.329 e. The van der Waals surface area contributed by atoms with Crippen LogP contribution < -0.4 is 0 Å². The molecule has 116 valence electrons. The molecule has 22 heavy (non-hydrogen) atoms. The quantitative estimate of drug-likeness (QED) is 0.895. The minimum absolute atomic E-state index is 0.240. The van der Waals surface area contributed by atoms with Gasteiger partial charge in [-0.25, -0.2) is 4.79 Å². The van der Waals surface area contributed by atoms with Crippen LogP contribution in [0, 0.1) is 13.8 Å². The summed E-state index contributed by atoms with van der Waals surface area (Å²) in [5, 5.41) is 10.5. The standard InChI is InChI=1S/C17H20N2O3/c1-10-7-11(2)12-9-14(18-13(12)8-10)15(20)19-6-4-5-17(19,3)16(21)22/h7-9,18H,4-6H2,1-3H3,(H,21,22). The van der Waals surface area contributed by atoms with E-state index in [1.54, 1.807) is 6.92 Å². The van der Waals surface area contributed by atoms with Gasteiger partial charge in [0.25, 0.3) is 5.91 Å². The molecule has 1 saturated heterocycles. The van der Waals surface area contributed by atoms with Crippen molar-refractivity contribution < 1.29 is 14.7 Å². The third kappa shape index (κ3) is 2.08. The molecular formula is C17H20N2O3. The SMILES string of the molecule is Cc1cc(C)c2cc(C(=O)N3CCCC3(C)C(=O)O)[nH]c2c1. The van der Waals surface area contributed by atoms with E-state index in [0.29, 0.717) is 25.1 Å². The minimum atomic E-state index is -1.11. The highest BCUT2D eigenvalue weighted by molar-refractivity contribution is 6.01. The molecule has 0 radical (unpaired) electrons. The largest absolute Gasteiger partial charge is 0.480 e. The number of rotatable bonds is 2. The number of nitrogens with zero attached hydrogens (tertiary/aromatic N) is 1. The zero-order valence-corrected chi connectivity index (χ0v) is 13.1. The summed E-state index contributed by atoms with van der Waals surface area (Å²) in [6.07, 6.45) is 1.21. The highest BCUT2D eigenvalue weighted by Crippen LogP contribution is 2.31. The van der Waals surface area contributed by atoms with Gasteiger partial charge in [-0.3, -0.25) is 4.79 Å². The highest BCUT2D eigenvalue weighted by Gasteiger charge is 2.46. The van der Waals surface area contributed by atoms with Gasteiger partial charge in [0.05, 0.1) is 0 Å². The summed E-state index contributed by atoms with van der Waals surface area (Å²) in [7, 11) is 0. The summed E-state index contributed by atoms with van der Waals surface area (Å²) in [5.41, 5.74) is 2.49. The van der Waals surface area contributed by atoms with Gasteiger partial charge in [0, 0.05) is 17.4 Å². The smallest absolute Gasteiger partial charge is 0.329 e. The molecule has 2 heterocycles. The Hall–Kier alpha value is -2.30. The van der Waals surface area contributed by atoms with E-state index in [2.05, 4.69) is 11.1 Å². The molecule has 5 nitrogen and oxygen atoms in total. The Morgan fingerprint density at radius 2 is 2.00 bits per heavy atom. The predicted molar refractivity (Wildman–Crippen MR) is 84.1 cm³/mol. The Morgan fingerprint density at radius 3 is 2.68 bits per heavy atom. The van der Waals surface area contributed by atoms with E-state index >= 15 is 0 Å². The molecule has 1 amide bonds. The van der Waals surface area contributed by atoms with Crippen LogP contribution in [0.3, 0.4) is 0 Å². The molecule has 5 heteroatoms. The second kappa shape index (κ2) is 4.87. The summed E-state index contributed by atoms with van der Waals surface area (Å²) in [6.45, 7) is 6.12. The normalized spacial score (nSPS) is 21.5. The number of carbonyl (C=O) groups is 2. The lowest BCUT2D eigenvalue weighted by atomic mass is 9.99. The summed E-state index contributed by atoms with van der Waals surface area (Å²) >= 11 is 0. The first kappa shape index (κ1) is 14.6. The molecule has 1 atom stereocenters. The average molecular weight is 300 g/mol. The van der Waals surface area contributed by atoms with Gasteiger partial charge in [-0.2, -0.15) is 0 Å². The molecule has 1 aromatic carbocycles. The van der Waals surface area contributed by atoms with Crippen LogP contribution in [0.25, 0.3) is 10.9 Å². The van der Waals surface area contributed by atoms with Gasteiger partial charge in [-0.05, 0) is 56.9 Å². The number of aryl methyl sites for hydroxylation is 2. The molecule has 0 bridgehead atoms. The van der Waals surface area contributed by atoms with E-state index in [1.165, 1.54) is 4.90 Å². The van der Waals surface area contributed by atoms with Gasteiger partial charge in [-0.1, -0.05) is 6.07 Å². The second-order valence-electron chi connectivity index (χ2n) is 6.37. The lowest BCUT2D eigenvalue weighted by molar-refractivity contribution is -0.147. The van der Waals surface area contributed by atoms with Crippen LogP contribution in [0.15, 0.2) is 18.2 Å². The van der Waals surface area contributed by atoms with Crippen molar-refractivity contribution in [3.05, 3.63) is 35.0 Å². The van der Waals surface area contributed by atoms with E-state index in [-0.39, 0.29) is 5.91 Å². The fourth-order valence-corrected chi connectivity index (χ4v) is 3.37. The lowest BCUT2D eigenvalue weighted by Gasteiger charge is -2.30. The maximum atomic E-state index is 12.8. The zero-order chi connectivity index (χ0) is 16.1. The van der Waals surface area contributed by atoms with Gasteiger partial charge in [-0.15, -0.1) is 0 Å². The second-order valence-corrected chi connectivity index (χ2v) is 6.37. The minimum Gasteiger partial charge on any atom is -0.480 e. The number of carboxylic acids is 1. The molecule has 1 unspecified atom stereocenters. The van der Waals surface area contributed by atoms with Crippen molar-refractivity contribution in [3.63, 3.8) is 0 Å². The van der Waals surface area contributed by atoms with Crippen molar-refractivity contribution >= 4 is 22.8 Å². The molecule has 3 rings (SSSR count). The number of carboxylic acid groups (broad SMARTS) is 1. The van der Waals surface area contributed by atoms with E-state index in [0.717, 1.165) is 22.0 Å². The first-order valence-corrected chi connectivity index (χ1v) is 7.48. The third-order valence-electron chi connectivity index (χ3n) is 4.67. The first-order chi connectivity index (χ1) is 10.3. The van der Waals surface area contributed by atoms with Crippen LogP contribution in [0.5, 0.6) is 0 Å². The van der Waals surface area contributed by atoms with Gasteiger partial charge >= 0.3 is 5.97 Å². The number of aliphatic carboxylic acids is 1. The van der Waals surface area contributed by atoms with Gasteiger partial charge < -0.3 is 15.0 Å². The monoisotopic (exact) mass is 300 g/mol. The summed E-state index contributed by atoms with van der Waals surface area (Å²) in [6, 6.07) is 5.90. The van der Waals surface area contributed by atoms with Crippen LogP contribution in [0.2, 0.25) is 0 Å². The zero-order valence-electron chi connectivity index (χ0n) is 13.1. The van der Waals surface area contributed by atoms with Crippen molar-refractivity contribution in [2.75, 3.05) is 6.54 Å². The van der Waals surface area contributed by atoms with Crippen molar-refractivity contribution in [3.8, 4) is 0 Å². The molecule has 2 aromatic rings. The van der Waals surface area contributed by atoms with Crippen LogP contribution in [0.1, 0.15) is 41.4 Å². The van der Waals surface area contributed by atoms with Crippen molar-refractivity contribution in [2.45, 2.75) is 39.2 Å². The molecule has 0 aliphatic carbocycles. The average Bonchev–Trinajstić information content (AvgIpc) is 3.02. The topological polar surface area (TPSA) is 73.4 Å². The molecule has 1 fully saturated rings. The van der Waals surface area contributed by atoms with Crippen LogP contribution in [-0.4, -0.2) is 39.0 Å². The number of amides is 1. The van der Waals surface area contributed by atoms with Gasteiger partial charge in [0.1, 0.15) is 11.2 Å². The van der Waals surface area contributed by atoms with Gasteiger partial charge in [0.15, 0.2) is 0 Å². The molecule has 1 aromatic heterocycles. The Morgan fingerprint density at radius 1 is 1.27 bits per heavy atom. The molecule has 1 aliphatic heterocycles. The number of carbonyl (C=O) groups excluding carboxylic acids is 1. The van der Waals surface area contributed by atoms with E-state index < -0.39 is 11.5 Å². The predicted octanol–water partition coefficient (Wildman–Crippen LogP) is 2.86. The lowest BCUT2D eigenvalue weighted by Crippen LogP contribution is -2.50. The summed E-state index contributed by atoms with van der Waals surface area (Å²) in [5.74, 6) is -1.18. The van der Waals surface area contributed by atoms with E-state index in [9.17, 15) is 14.7 Å². The molecule has 0 saturated carbocycles. The third-order valence-corrected chi connectivity index (χ3v) is 4.67. The maximum absolute atomic E-state index is 12.8. The number of H-pyrrole nitrogens is 1. The van der Waals surface area contributed by atoms with Crippen molar-refractivity contribution in [2.24, 2.45) is 0 Å². The first-order valence-electron chi connectivity index (χ1n) is 7.48. The highest BCUT2D eigenvalue weighted by atomic mass is 16.4. The van der Waals surface area contributed by atoms with Crippen LogP contribution >= 0.6 is 0 Å².